The van der Waals surface area contributed by atoms with E-state index in [2.05, 4.69) is 10.9 Å². The summed E-state index contributed by atoms with van der Waals surface area (Å²) in [5, 5.41) is 0. The lowest BCUT2D eigenvalue weighted by atomic mass is 10.1. The largest absolute Gasteiger partial charge is 0.497 e. The van der Waals surface area contributed by atoms with Crippen molar-refractivity contribution in [3.8, 4) is 11.5 Å². The molecular weight excluding hydrogens is 362 g/mol. The molecule has 0 unspecified atom stereocenters. The molecule has 8 nitrogen and oxygen atoms in total. The van der Waals surface area contributed by atoms with Crippen LogP contribution in [-0.2, 0) is 9.59 Å². The van der Waals surface area contributed by atoms with Gasteiger partial charge < -0.3 is 14.4 Å². The Balaban J connectivity index is 1.54. The topological polar surface area (TPSA) is 97.0 Å². The second-order valence-corrected chi connectivity index (χ2v) is 6.20. The zero-order valence-corrected chi connectivity index (χ0v) is 15.6. The van der Waals surface area contributed by atoms with Gasteiger partial charge in [-0.15, -0.1) is 0 Å². The molecule has 3 amide bonds. The first kappa shape index (κ1) is 19.2. The third-order valence-corrected chi connectivity index (χ3v) is 4.30. The zero-order valence-electron chi connectivity index (χ0n) is 15.6. The van der Waals surface area contributed by atoms with Gasteiger partial charge in [-0.3, -0.25) is 25.2 Å². The van der Waals surface area contributed by atoms with E-state index in [-0.39, 0.29) is 18.9 Å². The highest BCUT2D eigenvalue weighted by Gasteiger charge is 2.31. The maximum absolute atomic E-state index is 12.4. The van der Waals surface area contributed by atoms with Gasteiger partial charge >= 0.3 is 0 Å². The third kappa shape index (κ3) is 4.22. The van der Waals surface area contributed by atoms with Crippen LogP contribution in [0.25, 0.3) is 0 Å². The van der Waals surface area contributed by atoms with Crippen LogP contribution in [0.3, 0.4) is 0 Å². The van der Waals surface area contributed by atoms with Crippen LogP contribution in [0.5, 0.6) is 11.5 Å². The number of hydrogen-bond donors (Lipinski definition) is 2. The Kier molecular flexibility index (Phi) is 5.78. The van der Waals surface area contributed by atoms with Crippen molar-refractivity contribution in [3.63, 3.8) is 0 Å². The fourth-order valence-electron chi connectivity index (χ4n) is 2.81. The summed E-state index contributed by atoms with van der Waals surface area (Å²) in [5.41, 5.74) is 5.72. The molecule has 0 radical (unpaired) electrons. The van der Waals surface area contributed by atoms with Crippen LogP contribution in [0.2, 0.25) is 0 Å². The minimum absolute atomic E-state index is 0.0235. The fourth-order valence-corrected chi connectivity index (χ4v) is 2.81. The maximum atomic E-state index is 12.4. The zero-order chi connectivity index (χ0) is 20.1. The van der Waals surface area contributed by atoms with Gasteiger partial charge in [0.25, 0.3) is 11.8 Å². The number of ether oxygens (including phenoxy) is 2. The highest BCUT2D eigenvalue weighted by Crippen LogP contribution is 2.33. The molecule has 28 heavy (non-hydrogen) atoms. The molecule has 0 saturated heterocycles. The molecule has 3 rings (SSSR count). The van der Waals surface area contributed by atoms with E-state index in [0.717, 1.165) is 0 Å². The van der Waals surface area contributed by atoms with Crippen LogP contribution in [0.15, 0.2) is 48.5 Å². The van der Waals surface area contributed by atoms with E-state index < -0.39 is 17.9 Å². The first-order chi connectivity index (χ1) is 13.5. The van der Waals surface area contributed by atoms with E-state index in [1.165, 1.54) is 12.0 Å². The monoisotopic (exact) mass is 383 g/mol. The molecule has 0 fully saturated rings. The lowest BCUT2D eigenvalue weighted by Gasteiger charge is -2.32. The fraction of sp³-hybridized carbons (Fsp3) is 0.250. The average molecular weight is 383 g/mol. The number of methoxy groups -OCH3 is 1. The number of hydrazine groups is 1. The number of rotatable bonds is 5. The lowest BCUT2D eigenvalue weighted by Crippen LogP contribution is -2.47. The van der Waals surface area contributed by atoms with Crippen LogP contribution < -0.4 is 25.2 Å². The van der Waals surface area contributed by atoms with E-state index in [1.54, 1.807) is 49.4 Å². The number of nitrogens with zero attached hydrogens (tertiary/aromatic N) is 1. The molecule has 1 atom stereocenters. The SMILES string of the molecule is COc1ccc(C(=O)NNC(=O)CCN2C(=O)[C@H](C)Oc3ccccc32)cc1. The van der Waals surface area contributed by atoms with E-state index in [1.807, 2.05) is 6.07 Å². The Hall–Kier alpha value is -3.55. The van der Waals surface area contributed by atoms with E-state index >= 15 is 0 Å². The molecule has 2 aromatic carbocycles. The Bertz CT molecular complexity index is 882. The van der Waals surface area contributed by atoms with Crippen LogP contribution in [0.4, 0.5) is 5.69 Å². The van der Waals surface area contributed by atoms with Crippen LogP contribution >= 0.6 is 0 Å². The van der Waals surface area contributed by atoms with Gasteiger partial charge in [-0.25, -0.2) is 0 Å². The predicted octanol–water partition coefficient (Wildman–Crippen LogP) is 1.66. The Labute approximate surface area is 162 Å². The first-order valence-electron chi connectivity index (χ1n) is 8.80. The number of anilines is 1. The van der Waals surface area contributed by atoms with E-state index in [9.17, 15) is 14.4 Å². The normalized spacial score (nSPS) is 15.3. The Morgan fingerprint density at radius 1 is 1.11 bits per heavy atom. The molecule has 0 spiro atoms. The maximum Gasteiger partial charge on any atom is 0.269 e. The highest BCUT2D eigenvalue weighted by molar-refractivity contribution is 6.00. The first-order valence-corrected chi connectivity index (χ1v) is 8.80. The quantitative estimate of drug-likeness (QED) is 0.766. The van der Waals surface area contributed by atoms with Crippen LogP contribution in [0, 0.1) is 0 Å². The van der Waals surface area contributed by atoms with Crippen molar-refractivity contribution >= 4 is 23.4 Å². The highest BCUT2D eigenvalue weighted by atomic mass is 16.5. The van der Waals surface area contributed by atoms with Gasteiger partial charge in [-0.2, -0.15) is 0 Å². The molecule has 1 aliphatic rings. The van der Waals surface area contributed by atoms with Gasteiger partial charge in [0, 0.05) is 18.5 Å². The number of carbonyl (C=O) groups is 3. The number of carbonyl (C=O) groups excluding carboxylic acids is 3. The molecule has 0 aliphatic carbocycles. The number of nitrogens with one attached hydrogen (secondary N) is 2. The van der Waals surface area contributed by atoms with E-state index in [4.69, 9.17) is 9.47 Å². The molecule has 146 valence electrons. The van der Waals surface area contributed by atoms with Crippen molar-refractivity contribution in [3.05, 3.63) is 54.1 Å². The summed E-state index contributed by atoms with van der Waals surface area (Å²) in [4.78, 5) is 38.1. The smallest absolute Gasteiger partial charge is 0.269 e. The molecular formula is C20H21N3O5. The molecule has 0 aromatic heterocycles. The molecule has 0 bridgehead atoms. The lowest BCUT2D eigenvalue weighted by molar-refractivity contribution is -0.125. The summed E-state index contributed by atoms with van der Waals surface area (Å²) in [7, 11) is 1.54. The van der Waals surface area contributed by atoms with Crippen molar-refractivity contribution in [1.82, 2.24) is 10.9 Å². The predicted molar refractivity (Wildman–Crippen MR) is 102 cm³/mol. The van der Waals surface area contributed by atoms with Crippen molar-refractivity contribution in [2.75, 3.05) is 18.6 Å². The van der Waals surface area contributed by atoms with Crippen LogP contribution in [-0.4, -0.2) is 37.5 Å². The summed E-state index contributed by atoms with van der Waals surface area (Å²) in [5.74, 6) is 0.158. The summed E-state index contributed by atoms with van der Waals surface area (Å²) >= 11 is 0. The van der Waals surface area contributed by atoms with E-state index in [0.29, 0.717) is 22.7 Å². The molecule has 2 N–H and O–H groups in total. The van der Waals surface area contributed by atoms with Gasteiger partial charge in [0.1, 0.15) is 11.5 Å². The third-order valence-electron chi connectivity index (χ3n) is 4.30. The number of fused-ring (bicyclic) bond motifs is 1. The second-order valence-electron chi connectivity index (χ2n) is 6.20. The average Bonchev–Trinajstić information content (AvgIpc) is 2.72. The number of hydrogen-bond acceptors (Lipinski definition) is 5. The minimum atomic E-state index is -0.618. The second kappa shape index (κ2) is 8.43. The summed E-state index contributed by atoms with van der Waals surface area (Å²) in [6, 6.07) is 13.6. The summed E-state index contributed by atoms with van der Waals surface area (Å²) in [6.07, 6.45) is -0.594. The molecule has 0 saturated carbocycles. The minimum Gasteiger partial charge on any atom is -0.497 e. The number of amides is 3. The van der Waals surface area contributed by atoms with Crippen molar-refractivity contribution in [2.24, 2.45) is 0 Å². The van der Waals surface area contributed by atoms with Crippen molar-refractivity contribution in [1.29, 1.82) is 0 Å². The van der Waals surface area contributed by atoms with Gasteiger partial charge in [-0.1, -0.05) is 12.1 Å². The van der Waals surface area contributed by atoms with Crippen LogP contribution in [0.1, 0.15) is 23.7 Å². The molecule has 8 heteroatoms. The van der Waals surface area contributed by atoms with Gasteiger partial charge in [0.15, 0.2) is 6.10 Å². The Morgan fingerprint density at radius 3 is 2.54 bits per heavy atom. The molecule has 2 aromatic rings. The van der Waals surface area contributed by atoms with Crippen molar-refractivity contribution in [2.45, 2.75) is 19.4 Å². The molecule has 1 heterocycles. The molecule has 1 aliphatic heterocycles. The van der Waals surface area contributed by atoms with Crippen molar-refractivity contribution < 1.29 is 23.9 Å². The van der Waals surface area contributed by atoms with Gasteiger partial charge in [0.2, 0.25) is 5.91 Å². The summed E-state index contributed by atoms with van der Waals surface area (Å²) < 4.78 is 10.6. The summed E-state index contributed by atoms with van der Waals surface area (Å²) in [6.45, 7) is 1.84. The van der Waals surface area contributed by atoms with Gasteiger partial charge in [-0.05, 0) is 43.3 Å². The van der Waals surface area contributed by atoms with Gasteiger partial charge in [0.05, 0.1) is 12.8 Å². The standard InChI is InChI=1S/C20H21N3O5/c1-13-20(26)23(16-5-3-4-6-17(16)28-13)12-11-18(24)21-22-19(25)14-7-9-15(27-2)10-8-14/h3-10,13H,11-12H2,1-2H3,(H,21,24)(H,22,25)/t13-/m0/s1. The number of para-hydroxylation sites is 2. The number of benzene rings is 2. The Morgan fingerprint density at radius 2 is 1.82 bits per heavy atom.